The van der Waals surface area contributed by atoms with Gasteiger partial charge in [-0.25, -0.2) is 4.98 Å². The van der Waals surface area contributed by atoms with E-state index < -0.39 is 0 Å². The van der Waals surface area contributed by atoms with Crippen molar-refractivity contribution in [1.82, 2.24) is 9.55 Å². The van der Waals surface area contributed by atoms with E-state index in [1.807, 2.05) is 74.4 Å². The van der Waals surface area contributed by atoms with Crippen molar-refractivity contribution in [2.45, 2.75) is 6.92 Å². The van der Waals surface area contributed by atoms with Crippen LogP contribution in [0.2, 0.25) is 0 Å². The maximum Gasteiger partial charge on any atom is 0.265 e. The molecule has 3 rings (SSSR count). The van der Waals surface area contributed by atoms with Crippen LogP contribution >= 0.6 is 0 Å². The lowest BCUT2D eigenvalue weighted by Gasteiger charge is -2.14. The SMILES string of the molecule is Cc1nc2ccccc2c(=O)n1-c1ccc(N(C)C)cc1. The van der Waals surface area contributed by atoms with Crippen molar-refractivity contribution < 1.29 is 0 Å². The first-order chi connectivity index (χ1) is 10.1. The molecule has 0 aliphatic heterocycles. The van der Waals surface area contributed by atoms with Crippen LogP contribution in [0.3, 0.4) is 0 Å². The molecule has 0 aliphatic rings. The van der Waals surface area contributed by atoms with Gasteiger partial charge in [0.2, 0.25) is 0 Å². The number of fused-ring (bicyclic) bond motifs is 1. The maximum atomic E-state index is 12.7. The maximum absolute atomic E-state index is 12.7. The Bertz CT molecular complexity index is 848. The van der Waals surface area contributed by atoms with E-state index in [2.05, 4.69) is 4.98 Å². The van der Waals surface area contributed by atoms with Crippen LogP contribution in [0.5, 0.6) is 0 Å². The summed E-state index contributed by atoms with van der Waals surface area (Å²) in [6.45, 7) is 1.85. The van der Waals surface area contributed by atoms with Crippen molar-refractivity contribution in [1.29, 1.82) is 0 Å². The number of anilines is 1. The second-order valence-electron chi connectivity index (χ2n) is 5.23. The van der Waals surface area contributed by atoms with Crippen molar-refractivity contribution in [3.05, 3.63) is 64.7 Å². The number of benzene rings is 2. The molecule has 4 nitrogen and oxygen atoms in total. The van der Waals surface area contributed by atoms with Gasteiger partial charge in [0.25, 0.3) is 5.56 Å². The van der Waals surface area contributed by atoms with Gasteiger partial charge in [-0.05, 0) is 43.3 Å². The summed E-state index contributed by atoms with van der Waals surface area (Å²) < 4.78 is 1.65. The van der Waals surface area contributed by atoms with E-state index in [9.17, 15) is 4.79 Å². The molecule has 0 atom stereocenters. The Morgan fingerprint density at radius 1 is 1.00 bits per heavy atom. The molecule has 0 unspecified atom stereocenters. The van der Waals surface area contributed by atoms with Crippen LogP contribution in [0.25, 0.3) is 16.6 Å². The Hall–Kier alpha value is -2.62. The highest BCUT2D eigenvalue weighted by Gasteiger charge is 2.09. The van der Waals surface area contributed by atoms with Crippen molar-refractivity contribution >= 4 is 16.6 Å². The topological polar surface area (TPSA) is 38.1 Å². The average molecular weight is 279 g/mol. The number of nitrogens with zero attached hydrogens (tertiary/aromatic N) is 3. The Morgan fingerprint density at radius 2 is 1.67 bits per heavy atom. The highest BCUT2D eigenvalue weighted by molar-refractivity contribution is 5.77. The summed E-state index contributed by atoms with van der Waals surface area (Å²) in [6.07, 6.45) is 0. The summed E-state index contributed by atoms with van der Waals surface area (Å²) in [4.78, 5) is 19.2. The first-order valence-electron chi connectivity index (χ1n) is 6.84. The first-order valence-corrected chi connectivity index (χ1v) is 6.84. The number of hydrogen-bond acceptors (Lipinski definition) is 3. The van der Waals surface area contributed by atoms with Gasteiger partial charge in [0.1, 0.15) is 5.82 Å². The molecule has 0 N–H and O–H groups in total. The monoisotopic (exact) mass is 279 g/mol. The lowest BCUT2D eigenvalue weighted by atomic mass is 10.2. The van der Waals surface area contributed by atoms with E-state index in [-0.39, 0.29) is 5.56 Å². The van der Waals surface area contributed by atoms with Crippen LogP contribution < -0.4 is 10.5 Å². The van der Waals surface area contributed by atoms with Gasteiger partial charge in [0, 0.05) is 19.8 Å². The number of aryl methyl sites for hydroxylation is 1. The normalized spacial score (nSPS) is 10.8. The molecule has 0 bridgehead atoms. The third-order valence-electron chi connectivity index (χ3n) is 3.57. The third-order valence-corrected chi connectivity index (χ3v) is 3.57. The Labute approximate surface area is 123 Å². The molecule has 0 saturated heterocycles. The van der Waals surface area contributed by atoms with Gasteiger partial charge in [-0.15, -0.1) is 0 Å². The quantitative estimate of drug-likeness (QED) is 0.724. The molecule has 106 valence electrons. The van der Waals surface area contributed by atoms with E-state index in [1.54, 1.807) is 4.57 Å². The molecular formula is C17H17N3O. The van der Waals surface area contributed by atoms with Gasteiger partial charge in [-0.1, -0.05) is 12.1 Å². The van der Waals surface area contributed by atoms with Crippen molar-refractivity contribution in [2.75, 3.05) is 19.0 Å². The number of hydrogen-bond donors (Lipinski definition) is 0. The zero-order chi connectivity index (χ0) is 15.0. The lowest BCUT2D eigenvalue weighted by Crippen LogP contribution is -2.22. The van der Waals surface area contributed by atoms with E-state index >= 15 is 0 Å². The molecular weight excluding hydrogens is 262 g/mol. The van der Waals surface area contributed by atoms with Crippen molar-refractivity contribution in [3.63, 3.8) is 0 Å². The minimum absolute atomic E-state index is 0.0318. The molecule has 0 fully saturated rings. The van der Waals surface area contributed by atoms with E-state index in [4.69, 9.17) is 0 Å². The van der Waals surface area contributed by atoms with Gasteiger partial charge < -0.3 is 4.90 Å². The molecule has 21 heavy (non-hydrogen) atoms. The molecule has 0 amide bonds. The van der Waals surface area contributed by atoms with Crippen LogP contribution in [0, 0.1) is 6.92 Å². The minimum atomic E-state index is -0.0318. The van der Waals surface area contributed by atoms with E-state index in [1.165, 1.54) is 0 Å². The van der Waals surface area contributed by atoms with Crippen LogP contribution in [0.4, 0.5) is 5.69 Å². The summed E-state index contributed by atoms with van der Waals surface area (Å²) in [5.41, 5.74) is 2.64. The van der Waals surface area contributed by atoms with Gasteiger partial charge in [0.15, 0.2) is 0 Å². The zero-order valence-corrected chi connectivity index (χ0v) is 12.4. The van der Waals surface area contributed by atoms with Gasteiger partial charge in [-0.3, -0.25) is 9.36 Å². The first kappa shape index (κ1) is 13.4. The number of rotatable bonds is 2. The smallest absolute Gasteiger partial charge is 0.265 e. The van der Waals surface area contributed by atoms with Gasteiger partial charge >= 0.3 is 0 Å². The second-order valence-corrected chi connectivity index (χ2v) is 5.23. The van der Waals surface area contributed by atoms with Crippen molar-refractivity contribution in [2.24, 2.45) is 0 Å². The molecule has 0 aliphatic carbocycles. The fraction of sp³-hybridized carbons (Fsp3) is 0.176. The third kappa shape index (κ3) is 2.29. The van der Waals surface area contributed by atoms with Crippen LogP contribution in [-0.2, 0) is 0 Å². The van der Waals surface area contributed by atoms with E-state index in [0.717, 1.165) is 16.9 Å². The summed E-state index contributed by atoms with van der Waals surface area (Å²) >= 11 is 0. The summed E-state index contributed by atoms with van der Waals surface area (Å²) in [7, 11) is 3.98. The molecule has 0 saturated carbocycles. The molecule has 2 aromatic carbocycles. The predicted molar refractivity (Wildman–Crippen MR) is 86.4 cm³/mol. The standard InChI is InChI=1S/C17H17N3O/c1-12-18-16-7-5-4-6-15(16)17(21)20(12)14-10-8-13(9-11-14)19(2)3/h4-11H,1-3H3. The molecule has 1 aromatic heterocycles. The Balaban J connectivity index is 2.22. The summed E-state index contributed by atoms with van der Waals surface area (Å²) in [6, 6.07) is 15.3. The summed E-state index contributed by atoms with van der Waals surface area (Å²) in [5.74, 6) is 0.691. The molecule has 0 radical (unpaired) electrons. The largest absolute Gasteiger partial charge is 0.378 e. The molecule has 0 spiro atoms. The summed E-state index contributed by atoms with van der Waals surface area (Å²) in [5, 5.41) is 0.639. The predicted octanol–water partition coefficient (Wildman–Crippen LogP) is 2.76. The Kier molecular flexibility index (Phi) is 3.22. The van der Waals surface area contributed by atoms with Crippen LogP contribution in [0.1, 0.15) is 5.82 Å². The van der Waals surface area contributed by atoms with E-state index in [0.29, 0.717) is 11.2 Å². The highest BCUT2D eigenvalue weighted by Crippen LogP contribution is 2.16. The van der Waals surface area contributed by atoms with Crippen LogP contribution in [0.15, 0.2) is 53.3 Å². The van der Waals surface area contributed by atoms with Gasteiger partial charge in [0.05, 0.1) is 16.6 Å². The number of para-hydroxylation sites is 1. The molecule has 1 heterocycles. The van der Waals surface area contributed by atoms with Crippen molar-refractivity contribution in [3.8, 4) is 5.69 Å². The lowest BCUT2D eigenvalue weighted by molar-refractivity contribution is 0.894. The highest BCUT2D eigenvalue weighted by atomic mass is 16.1. The number of aromatic nitrogens is 2. The zero-order valence-electron chi connectivity index (χ0n) is 12.4. The van der Waals surface area contributed by atoms with Gasteiger partial charge in [-0.2, -0.15) is 0 Å². The fourth-order valence-electron chi connectivity index (χ4n) is 2.45. The minimum Gasteiger partial charge on any atom is -0.378 e. The average Bonchev–Trinajstić information content (AvgIpc) is 2.48. The second kappa shape index (κ2) is 5.05. The molecule has 4 heteroatoms. The fourth-order valence-corrected chi connectivity index (χ4v) is 2.45. The Morgan fingerprint density at radius 3 is 2.33 bits per heavy atom. The van der Waals surface area contributed by atoms with Crippen LogP contribution in [-0.4, -0.2) is 23.6 Å². The molecule has 3 aromatic rings.